The molecule has 7 nitrogen and oxygen atoms in total. The van der Waals surface area contributed by atoms with Crippen LogP contribution < -0.4 is 5.73 Å². The highest BCUT2D eigenvalue weighted by molar-refractivity contribution is 7.89. The van der Waals surface area contributed by atoms with Crippen LogP contribution >= 0.6 is 0 Å². The average molecular weight is 272 g/mol. The Morgan fingerprint density at radius 2 is 1.89 bits per heavy atom. The number of rotatable bonds is 3. The van der Waals surface area contributed by atoms with Gasteiger partial charge in [0.15, 0.2) is 0 Å². The van der Waals surface area contributed by atoms with E-state index in [4.69, 9.17) is 10.5 Å². The predicted molar refractivity (Wildman–Crippen MR) is 65.2 cm³/mol. The van der Waals surface area contributed by atoms with Gasteiger partial charge in [0.25, 0.3) is 0 Å². The van der Waals surface area contributed by atoms with Crippen molar-refractivity contribution in [2.45, 2.75) is 23.8 Å². The average Bonchev–Trinajstić information content (AvgIpc) is 2.39. The standard InChI is InChI=1S/C10H16N4O3S/c1-17-8-2-4-14(5-3-8)18(15,16)9-6-12-10(11)13-7-9/h6-8H,2-5H2,1H3,(H2,11,12,13). The fraction of sp³-hybridized carbons (Fsp3) is 0.600. The Labute approximate surface area is 106 Å². The molecular weight excluding hydrogens is 256 g/mol. The van der Waals surface area contributed by atoms with Crippen LogP contribution in [0.5, 0.6) is 0 Å². The summed E-state index contributed by atoms with van der Waals surface area (Å²) in [5.74, 6) is 0.0621. The number of piperidine rings is 1. The van der Waals surface area contributed by atoms with E-state index in [1.54, 1.807) is 7.11 Å². The molecule has 0 saturated carbocycles. The number of hydrogen-bond donors (Lipinski definition) is 1. The molecule has 0 amide bonds. The fourth-order valence-corrected chi connectivity index (χ4v) is 3.28. The molecule has 0 bridgehead atoms. The van der Waals surface area contributed by atoms with Gasteiger partial charge in [-0.15, -0.1) is 0 Å². The van der Waals surface area contributed by atoms with Gasteiger partial charge < -0.3 is 10.5 Å². The highest BCUT2D eigenvalue weighted by atomic mass is 32.2. The maximum atomic E-state index is 12.3. The Morgan fingerprint density at radius 1 is 1.33 bits per heavy atom. The van der Waals surface area contributed by atoms with Gasteiger partial charge in [0, 0.05) is 20.2 Å². The van der Waals surface area contributed by atoms with Gasteiger partial charge in [-0.25, -0.2) is 18.4 Å². The first-order valence-electron chi connectivity index (χ1n) is 5.64. The highest BCUT2D eigenvalue weighted by Gasteiger charge is 2.29. The third kappa shape index (κ3) is 2.60. The summed E-state index contributed by atoms with van der Waals surface area (Å²) >= 11 is 0. The van der Waals surface area contributed by atoms with Crippen LogP contribution in [-0.2, 0) is 14.8 Å². The van der Waals surface area contributed by atoms with Crippen LogP contribution in [0.15, 0.2) is 17.3 Å². The molecule has 2 heterocycles. The molecule has 0 unspecified atom stereocenters. The third-order valence-corrected chi connectivity index (χ3v) is 4.87. The smallest absolute Gasteiger partial charge is 0.246 e. The summed E-state index contributed by atoms with van der Waals surface area (Å²) in [6, 6.07) is 0. The summed E-state index contributed by atoms with van der Waals surface area (Å²) in [6.45, 7) is 0.899. The molecule has 0 radical (unpaired) electrons. The Bertz CT molecular complexity index is 494. The van der Waals surface area contributed by atoms with Gasteiger partial charge in [0.2, 0.25) is 16.0 Å². The quantitative estimate of drug-likeness (QED) is 0.822. The number of aromatic nitrogens is 2. The third-order valence-electron chi connectivity index (χ3n) is 3.02. The van der Waals surface area contributed by atoms with Crippen LogP contribution in [0.2, 0.25) is 0 Å². The van der Waals surface area contributed by atoms with E-state index in [-0.39, 0.29) is 16.9 Å². The highest BCUT2D eigenvalue weighted by Crippen LogP contribution is 2.20. The van der Waals surface area contributed by atoms with Crippen LogP contribution in [0.3, 0.4) is 0 Å². The van der Waals surface area contributed by atoms with Crippen LogP contribution in [0.4, 0.5) is 5.95 Å². The molecule has 1 aliphatic heterocycles. The lowest BCUT2D eigenvalue weighted by molar-refractivity contribution is 0.0604. The fourth-order valence-electron chi connectivity index (χ4n) is 1.92. The first kappa shape index (κ1) is 13.2. The van der Waals surface area contributed by atoms with Gasteiger partial charge in [-0.3, -0.25) is 0 Å². The first-order valence-corrected chi connectivity index (χ1v) is 7.08. The molecule has 0 aliphatic carbocycles. The molecule has 1 fully saturated rings. The summed E-state index contributed by atoms with van der Waals surface area (Å²) in [6.07, 6.45) is 4.01. The Morgan fingerprint density at radius 3 is 2.39 bits per heavy atom. The minimum absolute atomic E-state index is 0.0621. The summed E-state index contributed by atoms with van der Waals surface area (Å²) in [7, 11) is -1.87. The van der Waals surface area contributed by atoms with E-state index >= 15 is 0 Å². The second-order valence-electron chi connectivity index (χ2n) is 4.12. The van der Waals surface area contributed by atoms with Gasteiger partial charge in [0.05, 0.1) is 18.5 Å². The Hall–Kier alpha value is -1.25. The topological polar surface area (TPSA) is 98.4 Å². The van der Waals surface area contributed by atoms with E-state index in [1.807, 2.05) is 0 Å². The molecule has 18 heavy (non-hydrogen) atoms. The summed E-state index contributed by atoms with van der Waals surface area (Å²) in [5, 5.41) is 0. The zero-order valence-corrected chi connectivity index (χ0v) is 10.9. The number of anilines is 1. The molecule has 1 aromatic heterocycles. The molecule has 8 heteroatoms. The van der Waals surface area contributed by atoms with E-state index < -0.39 is 10.0 Å². The lowest BCUT2D eigenvalue weighted by Crippen LogP contribution is -2.40. The number of sulfonamides is 1. The van der Waals surface area contributed by atoms with Crippen LogP contribution in [0.1, 0.15) is 12.8 Å². The van der Waals surface area contributed by atoms with Gasteiger partial charge in [-0.2, -0.15) is 4.31 Å². The van der Waals surface area contributed by atoms with Gasteiger partial charge >= 0.3 is 0 Å². The van der Waals surface area contributed by atoms with Crippen molar-refractivity contribution >= 4 is 16.0 Å². The molecule has 1 aromatic rings. The van der Waals surface area contributed by atoms with Crippen molar-refractivity contribution in [3.63, 3.8) is 0 Å². The molecule has 0 atom stereocenters. The number of nitrogens with two attached hydrogens (primary N) is 1. The molecule has 0 spiro atoms. The van der Waals surface area contributed by atoms with E-state index in [1.165, 1.54) is 16.7 Å². The van der Waals surface area contributed by atoms with Crippen molar-refractivity contribution in [1.29, 1.82) is 0 Å². The molecule has 2 N–H and O–H groups in total. The van der Waals surface area contributed by atoms with Crippen LogP contribution in [-0.4, -0.2) is 49.0 Å². The van der Waals surface area contributed by atoms with E-state index in [2.05, 4.69) is 9.97 Å². The van der Waals surface area contributed by atoms with Crippen LogP contribution in [0.25, 0.3) is 0 Å². The van der Waals surface area contributed by atoms with Gasteiger partial charge in [0.1, 0.15) is 4.90 Å². The molecule has 2 rings (SSSR count). The number of methoxy groups -OCH3 is 1. The monoisotopic (exact) mass is 272 g/mol. The van der Waals surface area contributed by atoms with Crippen molar-refractivity contribution in [2.24, 2.45) is 0 Å². The molecule has 1 aliphatic rings. The number of nitrogen functional groups attached to an aromatic ring is 1. The lowest BCUT2D eigenvalue weighted by Gasteiger charge is -2.30. The zero-order chi connectivity index (χ0) is 13.2. The predicted octanol–water partition coefficient (Wildman–Crippen LogP) is -0.142. The second-order valence-corrected chi connectivity index (χ2v) is 6.05. The maximum Gasteiger partial charge on any atom is 0.246 e. The minimum atomic E-state index is -3.51. The van der Waals surface area contributed by atoms with Crippen molar-refractivity contribution in [3.05, 3.63) is 12.4 Å². The van der Waals surface area contributed by atoms with E-state index in [0.29, 0.717) is 25.9 Å². The van der Waals surface area contributed by atoms with E-state index in [0.717, 1.165) is 0 Å². The molecular formula is C10H16N4O3S. The SMILES string of the molecule is COC1CCN(S(=O)(=O)c2cnc(N)nc2)CC1. The van der Waals surface area contributed by atoms with Gasteiger partial charge in [-0.05, 0) is 12.8 Å². The largest absolute Gasteiger partial charge is 0.381 e. The number of ether oxygens (including phenoxy) is 1. The number of nitrogens with zero attached hydrogens (tertiary/aromatic N) is 3. The second kappa shape index (κ2) is 5.17. The molecule has 0 aromatic carbocycles. The molecule has 1 saturated heterocycles. The number of hydrogen-bond acceptors (Lipinski definition) is 6. The normalized spacial score (nSPS) is 18.9. The Balaban J connectivity index is 2.15. The molecule has 100 valence electrons. The summed E-state index contributed by atoms with van der Waals surface area (Å²) in [4.78, 5) is 7.49. The summed E-state index contributed by atoms with van der Waals surface area (Å²) in [5.41, 5.74) is 5.34. The summed E-state index contributed by atoms with van der Waals surface area (Å²) < 4.78 is 31.2. The zero-order valence-electron chi connectivity index (χ0n) is 10.1. The van der Waals surface area contributed by atoms with Gasteiger partial charge in [-0.1, -0.05) is 0 Å². The van der Waals surface area contributed by atoms with Crippen molar-refractivity contribution in [2.75, 3.05) is 25.9 Å². The van der Waals surface area contributed by atoms with Crippen molar-refractivity contribution < 1.29 is 13.2 Å². The van der Waals surface area contributed by atoms with Crippen molar-refractivity contribution in [3.8, 4) is 0 Å². The minimum Gasteiger partial charge on any atom is -0.381 e. The van der Waals surface area contributed by atoms with Crippen molar-refractivity contribution in [1.82, 2.24) is 14.3 Å². The van der Waals surface area contributed by atoms with E-state index in [9.17, 15) is 8.42 Å². The first-order chi connectivity index (χ1) is 8.54. The lowest BCUT2D eigenvalue weighted by atomic mass is 10.1. The van der Waals surface area contributed by atoms with Crippen LogP contribution in [0, 0.1) is 0 Å². The Kier molecular flexibility index (Phi) is 3.79. The maximum absolute atomic E-state index is 12.3.